The fraction of sp³-hybridized carbons (Fsp3) is 0.360. The maximum absolute atomic E-state index is 12.3. The largest absolute Gasteiger partial charge is 0.489 e. The lowest BCUT2D eigenvalue weighted by Gasteiger charge is -2.28. The van der Waals surface area contributed by atoms with E-state index in [1.807, 2.05) is 38.1 Å². The van der Waals surface area contributed by atoms with E-state index in [2.05, 4.69) is 32.9 Å². The van der Waals surface area contributed by atoms with Crippen molar-refractivity contribution in [3.63, 3.8) is 0 Å². The molecule has 146 valence electrons. The van der Waals surface area contributed by atoms with Crippen molar-refractivity contribution in [2.75, 3.05) is 0 Å². The third-order valence-electron chi connectivity index (χ3n) is 5.29. The van der Waals surface area contributed by atoms with E-state index in [-0.39, 0.29) is 17.0 Å². The SMILES string of the molecule is Cc1cc(C)c(COc2ccc(C=C3C(=O)CC(C)(C)CC3=O)cc2)c(C)c1. The van der Waals surface area contributed by atoms with Gasteiger partial charge in [0.1, 0.15) is 12.4 Å². The van der Waals surface area contributed by atoms with Crippen molar-refractivity contribution in [2.45, 2.75) is 54.1 Å². The van der Waals surface area contributed by atoms with Gasteiger partial charge in [-0.05, 0) is 66.6 Å². The topological polar surface area (TPSA) is 43.4 Å². The molecule has 0 aliphatic heterocycles. The van der Waals surface area contributed by atoms with Crippen LogP contribution in [0.1, 0.15) is 54.5 Å². The maximum atomic E-state index is 12.3. The number of ketones is 2. The van der Waals surface area contributed by atoms with Gasteiger partial charge in [0, 0.05) is 12.8 Å². The van der Waals surface area contributed by atoms with E-state index < -0.39 is 0 Å². The fourth-order valence-corrected chi connectivity index (χ4v) is 3.86. The van der Waals surface area contributed by atoms with Crippen molar-refractivity contribution in [3.05, 3.63) is 69.8 Å². The second kappa shape index (κ2) is 7.75. The van der Waals surface area contributed by atoms with Gasteiger partial charge in [-0.15, -0.1) is 0 Å². The predicted octanol–water partition coefficient (Wildman–Crippen LogP) is 5.53. The predicted molar refractivity (Wildman–Crippen MR) is 112 cm³/mol. The summed E-state index contributed by atoms with van der Waals surface area (Å²) in [4.78, 5) is 24.6. The van der Waals surface area contributed by atoms with Gasteiger partial charge in [0.25, 0.3) is 0 Å². The molecular weight excluding hydrogens is 348 g/mol. The first-order valence-corrected chi connectivity index (χ1v) is 9.72. The van der Waals surface area contributed by atoms with Crippen LogP contribution in [-0.2, 0) is 16.2 Å². The van der Waals surface area contributed by atoms with Gasteiger partial charge in [0.05, 0.1) is 5.57 Å². The highest BCUT2D eigenvalue weighted by molar-refractivity contribution is 6.25. The van der Waals surface area contributed by atoms with Crippen LogP contribution in [0, 0.1) is 26.2 Å². The molecule has 0 aromatic heterocycles. The van der Waals surface area contributed by atoms with Crippen LogP contribution < -0.4 is 4.74 Å². The zero-order valence-electron chi connectivity index (χ0n) is 17.4. The Balaban J connectivity index is 1.71. The Bertz CT molecular complexity index is 901. The van der Waals surface area contributed by atoms with Gasteiger partial charge in [-0.25, -0.2) is 0 Å². The summed E-state index contributed by atoms with van der Waals surface area (Å²) >= 11 is 0. The third kappa shape index (κ3) is 4.59. The number of hydrogen-bond donors (Lipinski definition) is 0. The van der Waals surface area contributed by atoms with E-state index in [9.17, 15) is 9.59 Å². The number of rotatable bonds is 4. The van der Waals surface area contributed by atoms with Gasteiger partial charge in [-0.2, -0.15) is 0 Å². The number of aryl methyl sites for hydroxylation is 3. The zero-order valence-corrected chi connectivity index (χ0v) is 17.4. The molecule has 1 fully saturated rings. The second-order valence-corrected chi connectivity index (χ2v) is 8.66. The number of allylic oxidation sites excluding steroid dienone is 1. The summed E-state index contributed by atoms with van der Waals surface area (Å²) in [6, 6.07) is 11.9. The third-order valence-corrected chi connectivity index (χ3v) is 5.29. The molecule has 0 unspecified atom stereocenters. The molecule has 0 radical (unpaired) electrons. The summed E-state index contributed by atoms with van der Waals surface area (Å²) in [5.74, 6) is 0.641. The van der Waals surface area contributed by atoms with Crippen molar-refractivity contribution in [3.8, 4) is 5.75 Å². The molecule has 0 amide bonds. The Morgan fingerprint density at radius 1 is 0.929 bits per heavy atom. The minimum absolute atomic E-state index is 0.0631. The number of hydrogen-bond acceptors (Lipinski definition) is 3. The van der Waals surface area contributed by atoms with Gasteiger partial charge < -0.3 is 4.74 Å². The average Bonchev–Trinajstić information content (AvgIpc) is 2.57. The number of Topliss-reactive ketones (excluding diaryl/α,β-unsaturated/α-hetero) is 2. The second-order valence-electron chi connectivity index (χ2n) is 8.66. The molecule has 3 nitrogen and oxygen atoms in total. The highest BCUT2D eigenvalue weighted by atomic mass is 16.5. The molecule has 0 heterocycles. The Labute approximate surface area is 167 Å². The Hall–Kier alpha value is -2.68. The van der Waals surface area contributed by atoms with Crippen LogP contribution in [0.2, 0.25) is 0 Å². The zero-order chi connectivity index (χ0) is 20.5. The normalized spacial score (nSPS) is 16.2. The smallest absolute Gasteiger partial charge is 0.167 e. The van der Waals surface area contributed by atoms with Crippen molar-refractivity contribution in [2.24, 2.45) is 5.41 Å². The van der Waals surface area contributed by atoms with Gasteiger partial charge in [0.2, 0.25) is 0 Å². The Morgan fingerprint density at radius 3 is 2.00 bits per heavy atom. The van der Waals surface area contributed by atoms with E-state index in [1.54, 1.807) is 6.08 Å². The molecule has 1 aliphatic carbocycles. The van der Waals surface area contributed by atoms with Crippen LogP contribution in [0.3, 0.4) is 0 Å². The summed E-state index contributed by atoms with van der Waals surface area (Å²) in [6.45, 7) is 10.7. The summed E-state index contributed by atoms with van der Waals surface area (Å²) in [5.41, 5.74) is 5.84. The molecule has 0 N–H and O–H groups in total. The van der Waals surface area contributed by atoms with Crippen molar-refractivity contribution in [1.29, 1.82) is 0 Å². The molecular formula is C25H28O3. The van der Waals surface area contributed by atoms with Gasteiger partial charge in [0.15, 0.2) is 11.6 Å². The van der Waals surface area contributed by atoms with E-state index in [0.29, 0.717) is 25.0 Å². The fourth-order valence-electron chi connectivity index (χ4n) is 3.86. The summed E-state index contributed by atoms with van der Waals surface area (Å²) in [7, 11) is 0. The maximum Gasteiger partial charge on any atom is 0.167 e. The molecule has 3 rings (SSSR count). The van der Waals surface area contributed by atoms with Crippen LogP contribution in [0.15, 0.2) is 42.0 Å². The Morgan fingerprint density at radius 2 is 1.46 bits per heavy atom. The molecule has 0 bridgehead atoms. The monoisotopic (exact) mass is 376 g/mol. The molecule has 0 atom stereocenters. The van der Waals surface area contributed by atoms with Gasteiger partial charge in [-0.3, -0.25) is 9.59 Å². The van der Waals surface area contributed by atoms with Crippen LogP contribution >= 0.6 is 0 Å². The quantitative estimate of drug-likeness (QED) is 0.520. The lowest BCUT2D eigenvalue weighted by atomic mass is 9.74. The summed E-state index contributed by atoms with van der Waals surface area (Å²) in [5, 5.41) is 0. The standard InChI is InChI=1S/C25H28O3/c1-16-10-17(2)22(18(3)11-16)15-28-20-8-6-19(7-9-20)12-21-23(26)13-25(4,5)14-24(21)27/h6-12H,13-15H2,1-5H3. The van der Waals surface area contributed by atoms with Crippen LogP contribution in [0.4, 0.5) is 0 Å². The van der Waals surface area contributed by atoms with Gasteiger partial charge in [-0.1, -0.05) is 43.7 Å². The van der Waals surface area contributed by atoms with E-state index in [4.69, 9.17) is 4.74 Å². The first-order valence-electron chi connectivity index (χ1n) is 9.72. The molecule has 2 aromatic carbocycles. The van der Waals surface area contributed by atoms with Gasteiger partial charge >= 0.3 is 0 Å². The molecule has 2 aromatic rings. The molecule has 28 heavy (non-hydrogen) atoms. The van der Waals surface area contributed by atoms with E-state index in [0.717, 1.165) is 11.3 Å². The van der Waals surface area contributed by atoms with E-state index in [1.165, 1.54) is 22.3 Å². The number of carbonyl (C=O) groups is 2. The summed E-state index contributed by atoms with van der Waals surface area (Å²) < 4.78 is 5.95. The van der Waals surface area contributed by atoms with Crippen molar-refractivity contribution in [1.82, 2.24) is 0 Å². The highest BCUT2D eigenvalue weighted by Gasteiger charge is 2.35. The average molecular weight is 376 g/mol. The van der Waals surface area contributed by atoms with Crippen molar-refractivity contribution >= 4 is 17.6 Å². The Kier molecular flexibility index (Phi) is 5.55. The number of ether oxygens (including phenoxy) is 1. The molecule has 0 spiro atoms. The molecule has 3 heteroatoms. The molecule has 1 aliphatic rings. The van der Waals surface area contributed by atoms with Crippen LogP contribution in [0.5, 0.6) is 5.75 Å². The minimum atomic E-state index is -0.241. The van der Waals surface area contributed by atoms with E-state index >= 15 is 0 Å². The first kappa shape index (κ1) is 20.1. The first-order chi connectivity index (χ1) is 13.1. The van der Waals surface area contributed by atoms with Crippen LogP contribution in [-0.4, -0.2) is 11.6 Å². The number of benzene rings is 2. The highest BCUT2D eigenvalue weighted by Crippen LogP contribution is 2.34. The molecule has 0 saturated heterocycles. The number of carbonyl (C=O) groups excluding carboxylic acids is 2. The van der Waals surface area contributed by atoms with Crippen molar-refractivity contribution < 1.29 is 14.3 Å². The lowest BCUT2D eigenvalue weighted by Crippen LogP contribution is -2.31. The van der Waals surface area contributed by atoms with Crippen LogP contribution in [0.25, 0.3) is 6.08 Å². The minimum Gasteiger partial charge on any atom is -0.489 e. The summed E-state index contributed by atoms with van der Waals surface area (Å²) in [6.07, 6.45) is 2.54. The lowest BCUT2D eigenvalue weighted by molar-refractivity contribution is -0.127. The molecule has 1 saturated carbocycles.